The van der Waals surface area contributed by atoms with E-state index in [0.717, 1.165) is 16.6 Å². The van der Waals surface area contributed by atoms with E-state index in [1.165, 1.54) is 6.20 Å². The number of aromatic nitrogens is 3. The Morgan fingerprint density at radius 1 is 1.12 bits per heavy atom. The molecule has 1 aromatic carbocycles. The highest BCUT2D eigenvalue weighted by Gasteiger charge is 2.18. The molecule has 0 unspecified atom stereocenters. The third-order valence-electron chi connectivity index (χ3n) is 3.79. The molecular formula is C17H20N4O2S. The highest BCUT2D eigenvalue weighted by Crippen LogP contribution is 2.23. The minimum absolute atomic E-state index is 0.188. The molecule has 0 aliphatic carbocycles. The summed E-state index contributed by atoms with van der Waals surface area (Å²) in [6.07, 6.45) is 3.21. The average Bonchev–Trinajstić information content (AvgIpc) is 2.89. The number of nitrogens with zero attached hydrogens (tertiary/aromatic N) is 3. The lowest BCUT2D eigenvalue weighted by Gasteiger charge is -2.11. The fraction of sp³-hybridized carbons (Fsp3) is 0.294. The first kappa shape index (κ1) is 16.4. The van der Waals surface area contributed by atoms with Crippen molar-refractivity contribution in [1.29, 1.82) is 0 Å². The summed E-state index contributed by atoms with van der Waals surface area (Å²) in [5.41, 5.74) is 2.89. The molecule has 0 amide bonds. The molecule has 2 aromatic heterocycles. The standard InChI is InChI=1S/C17H20N4O2S/c1-11(2)21-17-14(9-19-21)8-15(10-18-17)20-24(22,23)16-6-5-12(3)7-13(16)4/h5-11,20H,1-4H3. The molecule has 0 aliphatic heterocycles. The first-order chi connectivity index (χ1) is 11.3. The van der Waals surface area contributed by atoms with Crippen LogP contribution < -0.4 is 4.72 Å². The number of anilines is 1. The van der Waals surface area contributed by atoms with Crippen molar-refractivity contribution in [2.24, 2.45) is 0 Å². The summed E-state index contributed by atoms with van der Waals surface area (Å²) in [5, 5.41) is 5.09. The van der Waals surface area contributed by atoms with Gasteiger partial charge in [-0.2, -0.15) is 5.10 Å². The van der Waals surface area contributed by atoms with Crippen molar-refractivity contribution in [2.75, 3.05) is 4.72 Å². The molecule has 0 aliphatic rings. The number of rotatable bonds is 4. The van der Waals surface area contributed by atoms with Crippen LogP contribution in [0.5, 0.6) is 0 Å². The number of sulfonamides is 1. The summed E-state index contributed by atoms with van der Waals surface area (Å²) in [4.78, 5) is 4.62. The fourth-order valence-electron chi connectivity index (χ4n) is 2.68. The Hall–Kier alpha value is -2.41. The van der Waals surface area contributed by atoms with Gasteiger partial charge in [0.25, 0.3) is 10.0 Å². The molecule has 0 spiro atoms. The molecule has 0 atom stereocenters. The van der Waals surface area contributed by atoms with Crippen molar-refractivity contribution in [3.8, 4) is 0 Å². The highest BCUT2D eigenvalue weighted by molar-refractivity contribution is 7.92. The summed E-state index contributed by atoms with van der Waals surface area (Å²) in [6, 6.07) is 7.19. The van der Waals surface area contributed by atoms with E-state index in [9.17, 15) is 8.42 Å². The maximum Gasteiger partial charge on any atom is 0.262 e. The van der Waals surface area contributed by atoms with Gasteiger partial charge in [0.2, 0.25) is 0 Å². The minimum Gasteiger partial charge on any atom is -0.278 e. The van der Waals surface area contributed by atoms with Gasteiger partial charge in [0, 0.05) is 11.4 Å². The maximum absolute atomic E-state index is 12.6. The van der Waals surface area contributed by atoms with Gasteiger partial charge in [0.1, 0.15) is 0 Å². The van der Waals surface area contributed by atoms with Crippen LogP contribution in [0.1, 0.15) is 31.0 Å². The summed E-state index contributed by atoms with van der Waals surface area (Å²) in [5.74, 6) is 0. The summed E-state index contributed by atoms with van der Waals surface area (Å²) < 4.78 is 29.6. The number of hydrogen-bond donors (Lipinski definition) is 1. The molecule has 3 aromatic rings. The number of nitrogens with one attached hydrogen (secondary N) is 1. The van der Waals surface area contributed by atoms with Crippen LogP contribution in [-0.2, 0) is 10.0 Å². The Morgan fingerprint density at radius 2 is 1.88 bits per heavy atom. The van der Waals surface area contributed by atoms with Crippen LogP contribution in [0.2, 0.25) is 0 Å². The van der Waals surface area contributed by atoms with Gasteiger partial charge in [-0.3, -0.25) is 4.72 Å². The monoisotopic (exact) mass is 344 g/mol. The van der Waals surface area contributed by atoms with E-state index in [4.69, 9.17) is 0 Å². The minimum atomic E-state index is -3.66. The number of benzene rings is 1. The van der Waals surface area contributed by atoms with Gasteiger partial charge < -0.3 is 0 Å². The lowest BCUT2D eigenvalue weighted by molar-refractivity contribution is 0.546. The van der Waals surface area contributed by atoms with Crippen LogP contribution >= 0.6 is 0 Å². The van der Waals surface area contributed by atoms with Crippen molar-refractivity contribution < 1.29 is 8.42 Å². The summed E-state index contributed by atoms with van der Waals surface area (Å²) in [6.45, 7) is 7.76. The SMILES string of the molecule is Cc1ccc(S(=O)(=O)Nc2cnc3c(cnn3C(C)C)c2)c(C)c1. The molecule has 0 radical (unpaired) electrons. The van der Waals surface area contributed by atoms with E-state index in [2.05, 4.69) is 14.8 Å². The average molecular weight is 344 g/mol. The van der Waals surface area contributed by atoms with Crippen molar-refractivity contribution in [3.05, 3.63) is 47.8 Å². The largest absolute Gasteiger partial charge is 0.278 e. The van der Waals surface area contributed by atoms with Gasteiger partial charge in [-0.25, -0.2) is 18.1 Å². The summed E-state index contributed by atoms with van der Waals surface area (Å²) in [7, 11) is -3.66. The molecule has 2 heterocycles. The predicted octanol–water partition coefficient (Wildman–Crippen LogP) is 3.43. The van der Waals surface area contributed by atoms with Crippen LogP contribution in [0.15, 0.2) is 41.6 Å². The number of aryl methyl sites for hydroxylation is 2. The third-order valence-corrected chi connectivity index (χ3v) is 5.34. The molecule has 24 heavy (non-hydrogen) atoms. The van der Waals surface area contributed by atoms with Crippen molar-refractivity contribution in [2.45, 2.75) is 38.6 Å². The number of pyridine rings is 1. The van der Waals surface area contributed by atoms with Gasteiger partial charge in [-0.15, -0.1) is 0 Å². The van der Waals surface area contributed by atoms with Gasteiger partial charge >= 0.3 is 0 Å². The van der Waals surface area contributed by atoms with Crippen LogP contribution in [0, 0.1) is 13.8 Å². The topological polar surface area (TPSA) is 76.9 Å². The molecule has 0 bridgehead atoms. The van der Waals surface area contributed by atoms with Gasteiger partial charge in [0.15, 0.2) is 5.65 Å². The van der Waals surface area contributed by atoms with E-state index in [1.54, 1.807) is 36.0 Å². The highest BCUT2D eigenvalue weighted by atomic mass is 32.2. The Kier molecular flexibility index (Phi) is 4.04. The van der Waals surface area contributed by atoms with Crippen molar-refractivity contribution >= 4 is 26.7 Å². The zero-order valence-electron chi connectivity index (χ0n) is 14.1. The second kappa shape index (κ2) is 5.90. The lowest BCUT2D eigenvalue weighted by Crippen LogP contribution is -2.14. The molecule has 6 nitrogen and oxygen atoms in total. The lowest BCUT2D eigenvalue weighted by atomic mass is 10.2. The zero-order chi connectivity index (χ0) is 17.5. The van der Waals surface area contributed by atoms with Crippen LogP contribution in [0.25, 0.3) is 11.0 Å². The Bertz CT molecular complexity index is 1010. The maximum atomic E-state index is 12.6. The van der Waals surface area contributed by atoms with E-state index in [0.29, 0.717) is 11.3 Å². The van der Waals surface area contributed by atoms with Gasteiger partial charge in [-0.1, -0.05) is 17.7 Å². The zero-order valence-corrected chi connectivity index (χ0v) is 14.9. The quantitative estimate of drug-likeness (QED) is 0.786. The molecule has 0 saturated carbocycles. The Labute approximate surface area is 141 Å². The second-order valence-corrected chi connectivity index (χ2v) is 7.84. The van der Waals surface area contributed by atoms with E-state index < -0.39 is 10.0 Å². The third kappa shape index (κ3) is 2.99. The Balaban J connectivity index is 1.96. The van der Waals surface area contributed by atoms with Crippen LogP contribution in [0.3, 0.4) is 0 Å². The van der Waals surface area contributed by atoms with E-state index >= 15 is 0 Å². The molecule has 1 N–H and O–H groups in total. The number of fused-ring (bicyclic) bond motifs is 1. The fourth-order valence-corrected chi connectivity index (χ4v) is 3.95. The molecular weight excluding hydrogens is 324 g/mol. The van der Waals surface area contributed by atoms with E-state index in [1.807, 2.05) is 26.8 Å². The number of hydrogen-bond acceptors (Lipinski definition) is 4. The molecule has 7 heteroatoms. The van der Waals surface area contributed by atoms with Gasteiger partial charge in [0.05, 0.1) is 23.0 Å². The first-order valence-electron chi connectivity index (χ1n) is 7.71. The summed E-state index contributed by atoms with van der Waals surface area (Å²) >= 11 is 0. The first-order valence-corrected chi connectivity index (χ1v) is 9.19. The molecule has 126 valence electrons. The van der Waals surface area contributed by atoms with Crippen LogP contribution in [0.4, 0.5) is 5.69 Å². The van der Waals surface area contributed by atoms with Crippen molar-refractivity contribution in [1.82, 2.24) is 14.8 Å². The smallest absolute Gasteiger partial charge is 0.262 e. The van der Waals surface area contributed by atoms with Crippen molar-refractivity contribution in [3.63, 3.8) is 0 Å². The van der Waals surface area contributed by atoms with Crippen LogP contribution in [-0.4, -0.2) is 23.2 Å². The van der Waals surface area contributed by atoms with E-state index in [-0.39, 0.29) is 10.9 Å². The Morgan fingerprint density at radius 3 is 2.54 bits per heavy atom. The predicted molar refractivity (Wildman–Crippen MR) is 94.6 cm³/mol. The molecule has 3 rings (SSSR count). The molecule has 0 saturated heterocycles. The normalized spacial score (nSPS) is 12.0. The van der Waals surface area contributed by atoms with Gasteiger partial charge in [-0.05, 0) is 45.4 Å². The molecule has 0 fully saturated rings. The second-order valence-electron chi connectivity index (χ2n) is 6.19.